The van der Waals surface area contributed by atoms with E-state index >= 15 is 0 Å². The molecule has 2 aromatic rings. The van der Waals surface area contributed by atoms with Crippen LogP contribution in [0.15, 0.2) is 18.5 Å². The van der Waals surface area contributed by atoms with Gasteiger partial charge in [-0.2, -0.15) is 0 Å². The number of nitrogens with zero attached hydrogens (tertiary/aromatic N) is 2. The maximum absolute atomic E-state index is 5.44. The molecule has 0 saturated heterocycles. The van der Waals surface area contributed by atoms with Crippen molar-refractivity contribution >= 4 is 34.0 Å². The van der Waals surface area contributed by atoms with Crippen LogP contribution in [-0.2, 0) is 6.54 Å². The molecule has 0 saturated carbocycles. The summed E-state index contributed by atoms with van der Waals surface area (Å²) in [5, 5.41) is 0.966. The van der Waals surface area contributed by atoms with Crippen LogP contribution in [0.25, 0.3) is 10.2 Å². The molecule has 0 fully saturated rings. The molecule has 0 radical (unpaired) electrons. The number of thiazole rings is 1. The third-order valence-electron chi connectivity index (χ3n) is 1.41. The fourth-order valence-electron chi connectivity index (χ4n) is 0.915. The molecule has 2 rings (SSSR count). The molecule has 0 bridgehead atoms. The first kappa shape index (κ1) is 9.38. The lowest BCUT2D eigenvalue weighted by molar-refractivity contribution is 1.05. The van der Waals surface area contributed by atoms with Gasteiger partial charge < -0.3 is 5.73 Å². The van der Waals surface area contributed by atoms with Gasteiger partial charge in [-0.15, -0.1) is 23.7 Å². The van der Waals surface area contributed by atoms with E-state index in [4.69, 9.17) is 5.73 Å². The van der Waals surface area contributed by atoms with E-state index in [9.17, 15) is 0 Å². The van der Waals surface area contributed by atoms with Crippen LogP contribution in [0.4, 0.5) is 0 Å². The second-order valence-corrected chi connectivity index (χ2v) is 3.27. The highest BCUT2D eigenvalue weighted by Gasteiger charge is 1.99. The van der Waals surface area contributed by atoms with E-state index < -0.39 is 0 Å². The average Bonchev–Trinajstić information content (AvgIpc) is 2.46. The Bertz CT molecular complexity index is 340. The van der Waals surface area contributed by atoms with E-state index in [1.165, 1.54) is 0 Å². The Kier molecular flexibility index (Phi) is 2.97. The van der Waals surface area contributed by atoms with Crippen molar-refractivity contribution in [1.82, 2.24) is 9.97 Å². The van der Waals surface area contributed by atoms with Crippen molar-refractivity contribution in [1.29, 1.82) is 0 Å². The summed E-state index contributed by atoms with van der Waals surface area (Å²) < 4.78 is 1.15. The van der Waals surface area contributed by atoms with Gasteiger partial charge in [0.25, 0.3) is 0 Å². The quantitative estimate of drug-likeness (QED) is 0.762. The van der Waals surface area contributed by atoms with Crippen LogP contribution in [0.2, 0.25) is 0 Å². The number of nitrogens with two attached hydrogens (primary N) is 1. The van der Waals surface area contributed by atoms with Crippen molar-refractivity contribution in [3.05, 3.63) is 23.5 Å². The minimum Gasteiger partial charge on any atom is -0.325 e. The first-order valence-corrected chi connectivity index (χ1v) is 4.11. The molecule has 0 amide bonds. The van der Waals surface area contributed by atoms with Gasteiger partial charge in [-0.3, -0.25) is 4.98 Å². The molecule has 12 heavy (non-hydrogen) atoms. The second-order valence-electron chi connectivity index (χ2n) is 2.16. The highest BCUT2D eigenvalue weighted by molar-refractivity contribution is 7.18. The molecule has 5 heteroatoms. The number of rotatable bonds is 1. The van der Waals surface area contributed by atoms with Crippen molar-refractivity contribution in [2.75, 3.05) is 0 Å². The summed E-state index contributed by atoms with van der Waals surface area (Å²) in [6, 6.07) is 1.95. The zero-order chi connectivity index (χ0) is 7.68. The lowest BCUT2D eigenvalue weighted by atomic mass is 10.5. The Labute approximate surface area is 80.1 Å². The summed E-state index contributed by atoms with van der Waals surface area (Å²) in [4.78, 5) is 8.23. The lowest BCUT2D eigenvalue weighted by Crippen LogP contribution is -1.93. The molecular weight excluding hydrogens is 194 g/mol. The molecule has 3 nitrogen and oxygen atoms in total. The maximum Gasteiger partial charge on any atom is 0.108 e. The molecule has 0 unspecified atom stereocenters. The normalized spacial score (nSPS) is 9.75. The predicted molar refractivity (Wildman–Crippen MR) is 52.6 cm³/mol. The minimum absolute atomic E-state index is 0. The highest BCUT2D eigenvalue weighted by Crippen LogP contribution is 2.19. The van der Waals surface area contributed by atoms with Gasteiger partial charge in [-0.05, 0) is 6.07 Å². The van der Waals surface area contributed by atoms with E-state index in [2.05, 4.69) is 9.97 Å². The van der Waals surface area contributed by atoms with E-state index in [0.29, 0.717) is 6.54 Å². The van der Waals surface area contributed by atoms with Gasteiger partial charge in [0.1, 0.15) is 5.01 Å². The van der Waals surface area contributed by atoms with Crippen molar-refractivity contribution in [2.45, 2.75) is 6.54 Å². The van der Waals surface area contributed by atoms with Crippen LogP contribution < -0.4 is 5.73 Å². The monoisotopic (exact) mass is 201 g/mol. The fourth-order valence-corrected chi connectivity index (χ4v) is 1.73. The zero-order valence-electron chi connectivity index (χ0n) is 6.23. The molecule has 2 aromatic heterocycles. The van der Waals surface area contributed by atoms with Gasteiger partial charge in [-0.1, -0.05) is 0 Å². The molecule has 0 aliphatic heterocycles. The largest absolute Gasteiger partial charge is 0.325 e. The molecule has 0 aliphatic carbocycles. The van der Waals surface area contributed by atoms with Crippen molar-refractivity contribution in [3.63, 3.8) is 0 Å². The van der Waals surface area contributed by atoms with Crippen LogP contribution in [-0.4, -0.2) is 9.97 Å². The Morgan fingerprint density at radius 2 is 2.33 bits per heavy atom. The molecule has 0 atom stereocenters. The predicted octanol–water partition coefficient (Wildman–Crippen LogP) is 1.57. The Morgan fingerprint density at radius 1 is 1.50 bits per heavy atom. The van der Waals surface area contributed by atoms with Gasteiger partial charge in [-0.25, -0.2) is 4.98 Å². The third-order valence-corrected chi connectivity index (χ3v) is 2.47. The number of pyridine rings is 1. The van der Waals surface area contributed by atoms with Crippen LogP contribution in [0.5, 0.6) is 0 Å². The SMILES string of the molecule is Cl.NCc1nc2cnccc2s1. The Balaban J connectivity index is 0.000000720. The summed E-state index contributed by atoms with van der Waals surface area (Å²) in [5.74, 6) is 0. The first-order chi connectivity index (χ1) is 5.40. The molecule has 2 heterocycles. The Hall–Kier alpha value is -0.710. The van der Waals surface area contributed by atoms with E-state index in [1.807, 2.05) is 6.07 Å². The zero-order valence-corrected chi connectivity index (χ0v) is 7.86. The number of hydrogen-bond acceptors (Lipinski definition) is 4. The lowest BCUT2D eigenvalue weighted by Gasteiger charge is -1.80. The van der Waals surface area contributed by atoms with Crippen LogP contribution in [0, 0.1) is 0 Å². The molecule has 0 aromatic carbocycles. The van der Waals surface area contributed by atoms with Crippen molar-refractivity contribution in [3.8, 4) is 0 Å². The van der Waals surface area contributed by atoms with E-state index in [1.54, 1.807) is 23.7 Å². The van der Waals surface area contributed by atoms with Crippen LogP contribution >= 0.6 is 23.7 Å². The van der Waals surface area contributed by atoms with Gasteiger partial charge in [0.15, 0.2) is 0 Å². The van der Waals surface area contributed by atoms with Crippen molar-refractivity contribution < 1.29 is 0 Å². The number of hydrogen-bond donors (Lipinski definition) is 1. The third kappa shape index (κ3) is 1.55. The topological polar surface area (TPSA) is 51.8 Å². The fraction of sp³-hybridized carbons (Fsp3) is 0.143. The van der Waals surface area contributed by atoms with Gasteiger partial charge >= 0.3 is 0 Å². The maximum atomic E-state index is 5.44. The smallest absolute Gasteiger partial charge is 0.108 e. The number of halogens is 1. The average molecular weight is 202 g/mol. The van der Waals surface area contributed by atoms with E-state index in [0.717, 1.165) is 15.2 Å². The van der Waals surface area contributed by atoms with Crippen LogP contribution in [0.1, 0.15) is 5.01 Å². The second kappa shape index (κ2) is 3.80. The summed E-state index contributed by atoms with van der Waals surface area (Å²) in [6.07, 6.45) is 3.52. The van der Waals surface area contributed by atoms with Crippen molar-refractivity contribution in [2.24, 2.45) is 5.73 Å². The summed E-state index contributed by atoms with van der Waals surface area (Å²) in [7, 11) is 0. The molecule has 64 valence electrons. The van der Waals surface area contributed by atoms with Gasteiger partial charge in [0.2, 0.25) is 0 Å². The molecule has 0 spiro atoms. The minimum atomic E-state index is 0. The first-order valence-electron chi connectivity index (χ1n) is 3.29. The standard InChI is InChI=1S/C7H7N3S.ClH/c8-3-7-10-5-4-9-2-1-6(5)11-7;/h1-2,4H,3,8H2;1H. The molecule has 0 aliphatic rings. The summed E-state index contributed by atoms with van der Waals surface area (Å²) in [5.41, 5.74) is 6.38. The number of aromatic nitrogens is 2. The van der Waals surface area contributed by atoms with Gasteiger partial charge in [0, 0.05) is 12.7 Å². The number of fused-ring (bicyclic) bond motifs is 1. The summed E-state index contributed by atoms with van der Waals surface area (Å²) in [6.45, 7) is 0.513. The Morgan fingerprint density at radius 3 is 3.00 bits per heavy atom. The molecule has 2 N–H and O–H groups in total. The van der Waals surface area contributed by atoms with Crippen LogP contribution in [0.3, 0.4) is 0 Å². The molecular formula is C7H8ClN3S. The summed E-state index contributed by atoms with van der Waals surface area (Å²) >= 11 is 1.62. The van der Waals surface area contributed by atoms with Gasteiger partial charge in [0.05, 0.1) is 16.4 Å². The highest BCUT2D eigenvalue weighted by atomic mass is 35.5. The van der Waals surface area contributed by atoms with E-state index in [-0.39, 0.29) is 12.4 Å².